The number of aliphatic hydroxyl groups excluding tert-OH is 2. The van der Waals surface area contributed by atoms with Crippen LogP contribution in [-0.4, -0.2) is 68.6 Å². The monoisotopic (exact) mass is 474 g/mol. The van der Waals surface area contributed by atoms with Crippen LogP contribution in [0, 0.1) is 0 Å². The lowest BCUT2D eigenvalue weighted by atomic mass is 10.2. The fourth-order valence-electron chi connectivity index (χ4n) is 3.44. The topological polar surface area (TPSA) is 71.0 Å². The fraction of sp³-hybridized carbons (Fsp3) is 0.417. The molecule has 0 aliphatic carbocycles. The van der Waals surface area contributed by atoms with Crippen molar-refractivity contribution in [2.75, 3.05) is 36.9 Å². The van der Waals surface area contributed by atoms with E-state index in [1.54, 1.807) is 0 Å². The normalized spacial score (nSPS) is 12.5. The largest absolute Gasteiger partial charge is 0.394 e. The van der Waals surface area contributed by atoms with Gasteiger partial charge in [0.15, 0.2) is 10.2 Å². The highest BCUT2D eigenvalue weighted by atomic mass is 32.1. The number of nitrogens with one attached hydrogen (secondary N) is 2. The lowest BCUT2D eigenvalue weighted by molar-refractivity contribution is 0.147. The van der Waals surface area contributed by atoms with Gasteiger partial charge < -0.3 is 30.6 Å². The van der Waals surface area contributed by atoms with Crippen LogP contribution >= 0.6 is 24.4 Å². The third kappa shape index (κ3) is 7.70. The van der Waals surface area contributed by atoms with Crippen LogP contribution in [0.25, 0.3) is 0 Å². The van der Waals surface area contributed by atoms with Gasteiger partial charge >= 0.3 is 0 Å². The highest BCUT2D eigenvalue weighted by Crippen LogP contribution is 2.14. The summed E-state index contributed by atoms with van der Waals surface area (Å²) >= 11 is 11.4. The molecule has 0 aliphatic rings. The molecular formula is C24H34N4O2S2. The molecule has 174 valence electrons. The lowest BCUT2D eigenvalue weighted by Crippen LogP contribution is -2.52. The summed E-state index contributed by atoms with van der Waals surface area (Å²) in [6.45, 7) is 5.14. The van der Waals surface area contributed by atoms with Crippen molar-refractivity contribution in [1.82, 2.24) is 9.80 Å². The highest BCUT2D eigenvalue weighted by Gasteiger charge is 2.24. The molecule has 2 atom stereocenters. The Kier molecular flexibility index (Phi) is 11.4. The molecule has 0 fully saturated rings. The van der Waals surface area contributed by atoms with Crippen molar-refractivity contribution in [1.29, 1.82) is 0 Å². The van der Waals surface area contributed by atoms with E-state index in [-0.39, 0.29) is 25.3 Å². The van der Waals surface area contributed by atoms with Crippen molar-refractivity contribution < 1.29 is 10.2 Å². The summed E-state index contributed by atoms with van der Waals surface area (Å²) in [6, 6.07) is 19.3. The van der Waals surface area contributed by atoms with Gasteiger partial charge in [-0.3, -0.25) is 0 Å². The summed E-state index contributed by atoms with van der Waals surface area (Å²) in [5.74, 6) is 0. The summed E-state index contributed by atoms with van der Waals surface area (Å²) < 4.78 is 0. The number of aliphatic hydroxyl groups is 2. The molecule has 4 N–H and O–H groups in total. The molecule has 0 saturated heterocycles. The molecule has 32 heavy (non-hydrogen) atoms. The van der Waals surface area contributed by atoms with Gasteiger partial charge in [0.25, 0.3) is 0 Å². The number of nitrogens with zero attached hydrogens (tertiary/aromatic N) is 2. The van der Waals surface area contributed by atoms with E-state index >= 15 is 0 Å². The molecule has 0 spiro atoms. The standard InChI is InChI=1S/C24H34N4O2S2/c1-3-21(17-29)27(23(31)25-19-11-7-5-8-12-19)15-16-28(22(4-2)18-30)24(32)26-20-13-9-6-10-14-20/h5-14,21-22,29-30H,3-4,15-18H2,1-2H3,(H,25,31)(H,26,32). The summed E-state index contributed by atoms with van der Waals surface area (Å²) in [5, 5.41) is 27.6. The smallest absolute Gasteiger partial charge is 0.173 e. The third-order valence-electron chi connectivity index (χ3n) is 5.40. The Balaban J connectivity index is 2.16. The number of hydrogen-bond donors (Lipinski definition) is 4. The van der Waals surface area contributed by atoms with E-state index in [2.05, 4.69) is 10.6 Å². The van der Waals surface area contributed by atoms with Crippen LogP contribution in [0.2, 0.25) is 0 Å². The van der Waals surface area contributed by atoms with E-state index in [1.807, 2.05) is 84.3 Å². The molecule has 2 unspecified atom stereocenters. The fourth-order valence-corrected chi connectivity index (χ4v) is 4.16. The van der Waals surface area contributed by atoms with Crippen LogP contribution in [-0.2, 0) is 0 Å². The van der Waals surface area contributed by atoms with Crippen LogP contribution in [0.3, 0.4) is 0 Å². The van der Waals surface area contributed by atoms with Gasteiger partial charge in [-0.25, -0.2) is 0 Å². The van der Waals surface area contributed by atoms with E-state index in [9.17, 15) is 10.2 Å². The number of para-hydroxylation sites is 2. The first-order chi connectivity index (χ1) is 15.5. The number of rotatable bonds is 11. The summed E-state index contributed by atoms with van der Waals surface area (Å²) in [6.07, 6.45) is 1.49. The molecule has 6 nitrogen and oxygen atoms in total. The second-order valence-electron chi connectivity index (χ2n) is 7.47. The van der Waals surface area contributed by atoms with Crippen LogP contribution in [0.1, 0.15) is 26.7 Å². The average molecular weight is 475 g/mol. The highest BCUT2D eigenvalue weighted by molar-refractivity contribution is 7.80. The molecule has 8 heteroatoms. The molecule has 0 radical (unpaired) electrons. The van der Waals surface area contributed by atoms with Gasteiger partial charge in [-0.1, -0.05) is 50.2 Å². The first-order valence-electron chi connectivity index (χ1n) is 11.0. The average Bonchev–Trinajstić information content (AvgIpc) is 2.82. The first kappa shape index (κ1) is 26.0. The van der Waals surface area contributed by atoms with Crippen LogP contribution < -0.4 is 10.6 Å². The predicted molar refractivity (Wildman–Crippen MR) is 141 cm³/mol. The van der Waals surface area contributed by atoms with Gasteiger partial charge in [0.05, 0.1) is 25.3 Å². The first-order valence-corrected chi connectivity index (χ1v) is 11.8. The quantitative estimate of drug-likeness (QED) is 0.365. The zero-order valence-corrected chi connectivity index (χ0v) is 20.4. The molecule has 0 aliphatic heterocycles. The molecule has 2 aromatic rings. The van der Waals surface area contributed by atoms with Crippen molar-refractivity contribution in [3.05, 3.63) is 60.7 Å². The van der Waals surface area contributed by atoms with Crippen LogP contribution in [0.15, 0.2) is 60.7 Å². The zero-order chi connectivity index (χ0) is 23.3. The molecule has 2 aromatic carbocycles. The SMILES string of the molecule is CCC(CO)N(CCN(C(=S)Nc1ccccc1)C(CC)CO)C(=S)Nc1ccccc1. The van der Waals surface area contributed by atoms with Crippen molar-refractivity contribution in [2.24, 2.45) is 0 Å². The number of benzene rings is 2. The number of anilines is 2. The van der Waals surface area contributed by atoms with E-state index in [4.69, 9.17) is 24.4 Å². The van der Waals surface area contributed by atoms with Gasteiger partial charge in [0.1, 0.15) is 0 Å². The van der Waals surface area contributed by atoms with Crippen LogP contribution in [0.4, 0.5) is 11.4 Å². The van der Waals surface area contributed by atoms with Crippen LogP contribution in [0.5, 0.6) is 0 Å². The van der Waals surface area contributed by atoms with Crippen molar-refractivity contribution in [3.63, 3.8) is 0 Å². The predicted octanol–water partition coefficient (Wildman–Crippen LogP) is 3.93. The molecule has 0 aromatic heterocycles. The van der Waals surface area contributed by atoms with E-state index < -0.39 is 0 Å². The van der Waals surface area contributed by atoms with Gasteiger partial charge in [0, 0.05) is 24.5 Å². The maximum Gasteiger partial charge on any atom is 0.173 e. The van der Waals surface area contributed by atoms with Crippen molar-refractivity contribution in [3.8, 4) is 0 Å². The molecule has 2 rings (SSSR count). The van der Waals surface area contributed by atoms with E-state index in [1.165, 1.54) is 0 Å². The summed E-state index contributed by atoms with van der Waals surface area (Å²) in [4.78, 5) is 4.01. The molecule has 0 heterocycles. The minimum absolute atomic E-state index is 0.00295. The third-order valence-corrected chi connectivity index (χ3v) is 6.07. The minimum atomic E-state index is -0.120. The maximum atomic E-state index is 9.96. The van der Waals surface area contributed by atoms with Crippen molar-refractivity contribution in [2.45, 2.75) is 38.8 Å². The Morgan fingerprint density at radius 3 is 1.34 bits per heavy atom. The zero-order valence-electron chi connectivity index (χ0n) is 18.8. The van der Waals surface area contributed by atoms with E-state index in [0.717, 1.165) is 24.2 Å². The Labute approximate surface area is 202 Å². The molecule has 0 saturated carbocycles. The van der Waals surface area contributed by atoms with Gasteiger partial charge in [-0.2, -0.15) is 0 Å². The molecular weight excluding hydrogens is 440 g/mol. The van der Waals surface area contributed by atoms with E-state index in [0.29, 0.717) is 23.3 Å². The minimum Gasteiger partial charge on any atom is -0.394 e. The van der Waals surface area contributed by atoms with Gasteiger partial charge in [0.2, 0.25) is 0 Å². The number of hydrogen-bond acceptors (Lipinski definition) is 4. The van der Waals surface area contributed by atoms with Gasteiger partial charge in [-0.15, -0.1) is 0 Å². The molecule has 0 amide bonds. The van der Waals surface area contributed by atoms with Crippen molar-refractivity contribution >= 4 is 46.0 Å². The number of thiocarbonyl (C=S) groups is 2. The molecule has 0 bridgehead atoms. The second-order valence-corrected chi connectivity index (χ2v) is 8.24. The Morgan fingerprint density at radius 2 is 1.06 bits per heavy atom. The summed E-state index contributed by atoms with van der Waals surface area (Å²) in [7, 11) is 0. The Morgan fingerprint density at radius 1 is 0.719 bits per heavy atom. The Hall–Kier alpha value is -2.26. The Bertz CT molecular complexity index is 746. The lowest BCUT2D eigenvalue weighted by Gasteiger charge is -2.37. The maximum absolute atomic E-state index is 9.96. The second kappa shape index (κ2) is 14.0. The summed E-state index contributed by atoms with van der Waals surface area (Å²) in [5.41, 5.74) is 1.80. The van der Waals surface area contributed by atoms with Gasteiger partial charge in [-0.05, 0) is 61.5 Å².